The van der Waals surface area contributed by atoms with Crippen molar-refractivity contribution in [2.45, 2.75) is 18.2 Å². The highest BCUT2D eigenvalue weighted by molar-refractivity contribution is 9.09. The van der Waals surface area contributed by atoms with Crippen molar-refractivity contribution in [3.05, 3.63) is 39.4 Å². The molecule has 1 heterocycles. The van der Waals surface area contributed by atoms with Gasteiger partial charge in [0.05, 0.1) is 9.75 Å². The molecule has 0 aliphatic heterocycles. The van der Waals surface area contributed by atoms with E-state index in [1.807, 2.05) is 0 Å². The zero-order valence-electron chi connectivity index (χ0n) is 9.54. The van der Waals surface area contributed by atoms with E-state index in [0.717, 1.165) is 22.0 Å². The maximum Gasteiger partial charge on any atom is 0.269 e. The Bertz CT molecular complexity index is 556. The third kappa shape index (κ3) is 2.73. The topological polar surface area (TPSA) is 68.9 Å². The van der Waals surface area contributed by atoms with Crippen LogP contribution in [0, 0.1) is 10.1 Å². The van der Waals surface area contributed by atoms with Crippen LogP contribution in [0.2, 0.25) is 0 Å². The highest BCUT2D eigenvalue weighted by Gasteiger charge is 2.13. The van der Waals surface area contributed by atoms with Crippen LogP contribution in [0.25, 0.3) is 10.6 Å². The molecule has 18 heavy (non-hydrogen) atoms. The summed E-state index contributed by atoms with van der Waals surface area (Å²) < 4.78 is 0. The molecule has 0 radical (unpaired) electrons. The van der Waals surface area contributed by atoms with Crippen molar-refractivity contribution >= 4 is 33.0 Å². The highest BCUT2D eigenvalue weighted by atomic mass is 79.9. The van der Waals surface area contributed by atoms with Crippen LogP contribution in [0.5, 0.6) is 0 Å². The summed E-state index contributed by atoms with van der Waals surface area (Å²) in [6.07, 6.45) is 0.939. The summed E-state index contributed by atoms with van der Waals surface area (Å²) in [5.41, 5.74) is 0.926. The molecular formula is C11H10BrN3O2S. The van der Waals surface area contributed by atoms with E-state index in [0.29, 0.717) is 0 Å². The number of hydrogen-bond donors (Lipinski definition) is 0. The van der Waals surface area contributed by atoms with Crippen LogP contribution in [0.15, 0.2) is 24.3 Å². The summed E-state index contributed by atoms with van der Waals surface area (Å²) in [6.45, 7) is 2.06. The fourth-order valence-corrected chi connectivity index (χ4v) is 2.66. The van der Waals surface area contributed by atoms with Gasteiger partial charge in [-0.1, -0.05) is 34.2 Å². The summed E-state index contributed by atoms with van der Waals surface area (Å²) in [4.78, 5) is 10.3. The van der Waals surface area contributed by atoms with Crippen molar-refractivity contribution in [3.63, 3.8) is 0 Å². The van der Waals surface area contributed by atoms with Gasteiger partial charge in [0.15, 0.2) is 0 Å². The lowest BCUT2D eigenvalue weighted by Crippen LogP contribution is -1.87. The number of benzene rings is 1. The van der Waals surface area contributed by atoms with Crippen molar-refractivity contribution in [3.8, 4) is 10.6 Å². The monoisotopic (exact) mass is 327 g/mol. The molecule has 0 fully saturated rings. The summed E-state index contributed by atoms with van der Waals surface area (Å²) >= 11 is 5.01. The number of hydrogen-bond acceptors (Lipinski definition) is 5. The first-order chi connectivity index (χ1) is 8.61. The first-order valence-corrected chi connectivity index (χ1v) is 7.07. The summed E-state index contributed by atoms with van der Waals surface area (Å²) in [5.74, 6) is 0. The lowest BCUT2D eigenvalue weighted by Gasteiger charge is -1.98. The Morgan fingerprint density at radius 3 is 2.61 bits per heavy atom. The third-order valence-corrected chi connectivity index (χ3v) is 4.86. The number of nitro benzene ring substituents is 1. The lowest BCUT2D eigenvalue weighted by molar-refractivity contribution is -0.384. The second-order valence-electron chi connectivity index (χ2n) is 3.63. The van der Waals surface area contributed by atoms with E-state index in [2.05, 4.69) is 33.1 Å². The highest BCUT2D eigenvalue weighted by Crippen LogP contribution is 2.32. The van der Waals surface area contributed by atoms with Crippen LogP contribution in [0.4, 0.5) is 5.69 Å². The van der Waals surface area contributed by atoms with Gasteiger partial charge in [0.25, 0.3) is 5.69 Å². The van der Waals surface area contributed by atoms with Gasteiger partial charge in [0.2, 0.25) is 0 Å². The van der Waals surface area contributed by atoms with Gasteiger partial charge in [0.1, 0.15) is 10.0 Å². The zero-order chi connectivity index (χ0) is 13.1. The Labute approximate surface area is 116 Å². The van der Waals surface area contributed by atoms with Crippen molar-refractivity contribution in [2.75, 3.05) is 0 Å². The number of aromatic nitrogens is 2. The maximum atomic E-state index is 10.6. The van der Waals surface area contributed by atoms with Crippen molar-refractivity contribution in [1.29, 1.82) is 0 Å². The smallest absolute Gasteiger partial charge is 0.258 e. The number of rotatable bonds is 4. The maximum absolute atomic E-state index is 10.6. The number of non-ortho nitro benzene ring substituents is 1. The Morgan fingerprint density at radius 2 is 2.06 bits per heavy atom. The number of nitro groups is 1. The summed E-state index contributed by atoms with van der Waals surface area (Å²) in [6, 6.07) is 6.33. The predicted octanol–water partition coefficient (Wildman–Crippen LogP) is 3.96. The number of nitrogens with zero attached hydrogens (tertiary/aromatic N) is 3. The van der Waals surface area contributed by atoms with Crippen LogP contribution >= 0.6 is 27.3 Å². The van der Waals surface area contributed by atoms with E-state index in [1.54, 1.807) is 12.1 Å². The van der Waals surface area contributed by atoms with Crippen LogP contribution < -0.4 is 0 Å². The Hall–Kier alpha value is -1.34. The molecule has 0 saturated carbocycles. The Balaban J connectivity index is 2.26. The molecule has 1 aromatic heterocycles. The first-order valence-electron chi connectivity index (χ1n) is 5.34. The quantitative estimate of drug-likeness (QED) is 0.484. The number of alkyl halides is 1. The van der Waals surface area contributed by atoms with Crippen LogP contribution in [-0.4, -0.2) is 15.1 Å². The van der Waals surface area contributed by atoms with Gasteiger partial charge in [-0.05, 0) is 18.6 Å². The van der Waals surface area contributed by atoms with Crippen LogP contribution in [0.1, 0.15) is 23.2 Å². The molecule has 1 unspecified atom stereocenters. The van der Waals surface area contributed by atoms with Gasteiger partial charge < -0.3 is 0 Å². The van der Waals surface area contributed by atoms with Gasteiger partial charge in [-0.3, -0.25) is 10.1 Å². The zero-order valence-corrected chi connectivity index (χ0v) is 11.9. The van der Waals surface area contributed by atoms with E-state index in [1.165, 1.54) is 23.5 Å². The average Bonchev–Trinajstić information content (AvgIpc) is 2.87. The molecule has 0 amide bonds. The molecule has 5 nitrogen and oxygen atoms in total. The second kappa shape index (κ2) is 5.53. The van der Waals surface area contributed by atoms with Gasteiger partial charge in [-0.25, -0.2) is 0 Å². The van der Waals surface area contributed by atoms with E-state index in [-0.39, 0.29) is 10.5 Å². The molecule has 0 N–H and O–H groups in total. The minimum absolute atomic E-state index is 0.0791. The average molecular weight is 328 g/mol. The van der Waals surface area contributed by atoms with E-state index < -0.39 is 4.92 Å². The van der Waals surface area contributed by atoms with E-state index in [9.17, 15) is 10.1 Å². The molecule has 0 saturated heterocycles. The minimum Gasteiger partial charge on any atom is -0.258 e. The van der Waals surface area contributed by atoms with Crippen molar-refractivity contribution < 1.29 is 4.92 Å². The SMILES string of the molecule is CCC(Br)c1nnc(-c2ccc([N+](=O)[O-])cc2)s1. The van der Waals surface area contributed by atoms with Crippen LogP contribution in [-0.2, 0) is 0 Å². The normalized spacial score (nSPS) is 12.3. The minimum atomic E-state index is -0.416. The largest absolute Gasteiger partial charge is 0.269 e. The molecule has 7 heteroatoms. The van der Waals surface area contributed by atoms with Crippen molar-refractivity contribution in [2.24, 2.45) is 0 Å². The first kappa shape index (κ1) is 13.1. The van der Waals surface area contributed by atoms with Gasteiger partial charge in [-0.2, -0.15) is 0 Å². The van der Waals surface area contributed by atoms with Gasteiger partial charge >= 0.3 is 0 Å². The fraction of sp³-hybridized carbons (Fsp3) is 0.273. The van der Waals surface area contributed by atoms with Crippen LogP contribution in [0.3, 0.4) is 0 Å². The Morgan fingerprint density at radius 1 is 1.39 bits per heavy atom. The standard InChI is InChI=1S/C11H10BrN3O2S/c1-2-9(12)11-14-13-10(18-11)7-3-5-8(6-4-7)15(16)17/h3-6,9H,2H2,1H3. The second-order valence-corrected chi connectivity index (χ2v) is 5.74. The Kier molecular flexibility index (Phi) is 4.03. The third-order valence-electron chi connectivity index (χ3n) is 2.39. The lowest BCUT2D eigenvalue weighted by atomic mass is 10.2. The number of halogens is 1. The molecule has 2 rings (SSSR count). The molecule has 2 aromatic rings. The van der Waals surface area contributed by atoms with E-state index in [4.69, 9.17) is 0 Å². The van der Waals surface area contributed by atoms with Gasteiger partial charge in [-0.15, -0.1) is 10.2 Å². The van der Waals surface area contributed by atoms with E-state index >= 15 is 0 Å². The fourth-order valence-electron chi connectivity index (χ4n) is 1.38. The molecule has 0 bridgehead atoms. The molecule has 0 aliphatic rings. The van der Waals surface area contributed by atoms with Crippen molar-refractivity contribution in [1.82, 2.24) is 10.2 Å². The molecule has 0 aliphatic carbocycles. The predicted molar refractivity (Wildman–Crippen MR) is 74.0 cm³/mol. The molecular weight excluding hydrogens is 318 g/mol. The molecule has 0 spiro atoms. The summed E-state index contributed by atoms with van der Waals surface area (Å²) in [7, 11) is 0. The molecule has 1 aromatic carbocycles. The molecule has 1 atom stereocenters. The summed E-state index contributed by atoms with van der Waals surface area (Å²) in [5, 5.41) is 20.5. The van der Waals surface area contributed by atoms with Gasteiger partial charge in [0, 0.05) is 17.7 Å². The molecule has 94 valence electrons.